The Bertz CT molecular complexity index is 1060. The third-order valence-corrected chi connectivity index (χ3v) is 9.03. The molecule has 2 amide bonds. The van der Waals surface area contributed by atoms with Crippen LogP contribution in [0.5, 0.6) is 0 Å². The van der Waals surface area contributed by atoms with E-state index < -0.39 is 11.5 Å². The lowest BCUT2D eigenvalue weighted by Gasteiger charge is -2.58. The smallest absolute Gasteiger partial charge is 0.220 e. The summed E-state index contributed by atoms with van der Waals surface area (Å²) in [6, 6.07) is 3.78. The highest BCUT2D eigenvalue weighted by Gasteiger charge is 2.59. The lowest BCUT2D eigenvalue weighted by atomic mass is 9.47. The number of hydrogen-bond acceptors (Lipinski definition) is 8. The number of hydrogen-bond donors (Lipinski definition) is 5. The highest BCUT2D eigenvalue weighted by molar-refractivity contribution is 7.15. The first-order valence-electron chi connectivity index (χ1n) is 12.1. The molecule has 2 aromatic rings. The van der Waals surface area contributed by atoms with Gasteiger partial charge >= 0.3 is 0 Å². The molecule has 2 aliphatic rings. The van der Waals surface area contributed by atoms with E-state index in [0.29, 0.717) is 25.9 Å². The topological polar surface area (TPSA) is 136 Å². The molecule has 2 heterocycles. The maximum atomic E-state index is 13.0. The fourth-order valence-electron chi connectivity index (χ4n) is 5.96. The van der Waals surface area contributed by atoms with Gasteiger partial charge in [0.25, 0.3) is 0 Å². The van der Waals surface area contributed by atoms with Crippen LogP contribution in [0.15, 0.2) is 24.5 Å². The molecule has 10 heteroatoms. The molecule has 2 aliphatic carbocycles. The minimum atomic E-state index is -0.661. The molecule has 0 aromatic carbocycles. The summed E-state index contributed by atoms with van der Waals surface area (Å²) in [5, 5.41) is 30.9. The van der Waals surface area contributed by atoms with Crippen molar-refractivity contribution in [2.45, 2.75) is 58.5 Å². The van der Waals surface area contributed by atoms with Crippen LogP contribution in [0.4, 0.5) is 10.8 Å². The summed E-state index contributed by atoms with van der Waals surface area (Å²) in [4.78, 5) is 34.3. The Labute approximate surface area is 209 Å². The van der Waals surface area contributed by atoms with Crippen LogP contribution in [0.2, 0.25) is 0 Å². The Morgan fingerprint density at radius 3 is 2.71 bits per heavy atom. The molecular formula is C25H35N5O4S. The number of pyridine rings is 1. The summed E-state index contributed by atoms with van der Waals surface area (Å²) in [7, 11) is 0. The summed E-state index contributed by atoms with van der Waals surface area (Å²) in [6.45, 7) is 6.21. The number of thiazole rings is 1. The number of fused-ring (bicyclic) bond motifs is 2. The number of carbonyl (C=O) groups is 2. The lowest BCUT2D eigenvalue weighted by molar-refractivity contribution is -0.144. The molecule has 1 fully saturated rings. The van der Waals surface area contributed by atoms with E-state index in [2.05, 4.69) is 27.9 Å². The molecule has 35 heavy (non-hydrogen) atoms. The highest BCUT2D eigenvalue weighted by Crippen LogP contribution is 2.62. The van der Waals surface area contributed by atoms with Crippen molar-refractivity contribution in [2.24, 2.45) is 16.7 Å². The standard InChI is InChI=1S/C25H35N5O4S/c1-15(32)27-9-10-28-21(34)11-17-22-18(35-23(30-22)29-16-5-4-8-26-13-16)12-19-24(17,2)7-6-20(33)25(19,3)14-31/h4-5,8,13,17,19-20,31,33H,6-7,9-12,14H2,1-3H3,(H,27,32)(H,28,34)(H,29,30). The molecule has 4 rings (SSSR count). The van der Waals surface area contributed by atoms with Crippen LogP contribution >= 0.6 is 11.3 Å². The lowest BCUT2D eigenvalue weighted by Crippen LogP contribution is -2.57. The predicted molar refractivity (Wildman–Crippen MR) is 134 cm³/mol. The van der Waals surface area contributed by atoms with Gasteiger partial charge < -0.3 is 26.2 Å². The zero-order valence-electron chi connectivity index (χ0n) is 20.5. The minimum Gasteiger partial charge on any atom is -0.396 e. The van der Waals surface area contributed by atoms with Crippen LogP contribution in [-0.4, -0.2) is 57.8 Å². The number of aliphatic hydroxyl groups excluding tert-OH is 2. The minimum absolute atomic E-state index is 0.000112. The normalized spacial score (nSPS) is 29.6. The Morgan fingerprint density at radius 1 is 1.26 bits per heavy atom. The molecule has 2 aromatic heterocycles. The second kappa shape index (κ2) is 10.2. The number of nitrogens with zero attached hydrogens (tertiary/aromatic N) is 2. The molecule has 0 aliphatic heterocycles. The van der Waals surface area contributed by atoms with E-state index in [1.165, 1.54) is 6.92 Å². The van der Waals surface area contributed by atoms with Crippen LogP contribution in [0.1, 0.15) is 56.5 Å². The summed E-state index contributed by atoms with van der Waals surface area (Å²) >= 11 is 1.56. The van der Waals surface area contributed by atoms with Crippen LogP contribution in [0.3, 0.4) is 0 Å². The number of carbonyl (C=O) groups excluding carboxylic acids is 2. The van der Waals surface area contributed by atoms with Crippen molar-refractivity contribution in [3.63, 3.8) is 0 Å². The molecule has 190 valence electrons. The third kappa shape index (κ3) is 5.05. The predicted octanol–water partition coefficient (Wildman–Crippen LogP) is 2.34. The molecule has 0 radical (unpaired) electrons. The Balaban J connectivity index is 1.64. The molecular weight excluding hydrogens is 466 g/mol. The zero-order chi connectivity index (χ0) is 25.2. The molecule has 9 nitrogen and oxygen atoms in total. The van der Waals surface area contributed by atoms with Gasteiger partial charge in [0.2, 0.25) is 11.8 Å². The van der Waals surface area contributed by atoms with E-state index in [1.54, 1.807) is 23.7 Å². The van der Waals surface area contributed by atoms with E-state index >= 15 is 0 Å². The maximum Gasteiger partial charge on any atom is 0.220 e. The van der Waals surface area contributed by atoms with E-state index in [9.17, 15) is 19.8 Å². The Hall–Kier alpha value is -2.56. The van der Waals surface area contributed by atoms with Gasteiger partial charge in [0.1, 0.15) is 0 Å². The summed E-state index contributed by atoms with van der Waals surface area (Å²) < 4.78 is 0. The fraction of sp³-hybridized carbons (Fsp3) is 0.600. The molecule has 0 bridgehead atoms. The van der Waals surface area contributed by atoms with Gasteiger partial charge in [-0.1, -0.05) is 13.8 Å². The van der Waals surface area contributed by atoms with Crippen LogP contribution < -0.4 is 16.0 Å². The molecule has 0 saturated heterocycles. The molecule has 0 spiro atoms. The monoisotopic (exact) mass is 501 g/mol. The van der Waals surface area contributed by atoms with Crippen LogP contribution in [0, 0.1) is 16.7 Å². The fourth-order valence-corrected chi connectivity index (χ4v) is 7.05. The van der Waals surface area contributed by atoms with Crippen molar-refractivity contribution in [3.05, 3.63) is 35.1 Å². The second-order valence-corrected chi connectivity index (χ2v) is 11.3. The van der Waals surface area contributed by atoms with Crippen molar-refractivity contribution < 1.29 is 19.8 Å². The maximum absolute atomic E-state index is 13.0. The number of amides is 2. The van der Waals surface area contributed by atoms with Gasteiger partial charge in [0.15, 0.2) is 5.13 Å². The number of aromatic nitrogens is 2. The van der Waals surface area contributed by atoms with Gasteiger partial charge in [0.05, 0.1) is 30.3 Å². The molecule has 1 saturated carbocycles. The van der Waals surface area contributed by atoms with E-state index in [4.69, 9.17) is 4.98 Å². The average Bonchev–Trinajstić information content (AvgIpc) is 3.23. The van der Waals surface area contributed by atoms with Gasteiger partial charge in [0, 0.05) is 48.8 Å². The first-order chi connectivity index (χ1) is 16.7. The van der Waals surface area contributed by atoms with Gasteiger partial charge in [-0.15, -0.1) is 11.3 Å². The average molecular weight is 502 g/mol. The van der Waals surface area contributed by atoms with Crippen molar-refractivity contribution in [3.8, 4) is 0 Å². The van der Waals surface area contributed by atoms with Crippen molar-refractivity contribution in [1.82, 2.24) is 20.6 Å². The number of aliphatic hydroxyl groups is 2. The van der Waals surface area contributed by atoms with E-state index in [0.717, 1.165) is 27.8 Å². The molecule has 5 unspecified atom stereocenters. The first-order valence-corrected chi connectivity index (χ1v) is 13.0. The SMILES string of the molecule is CC(=O)NCCNC(=O)CC1c2nc(Nc3cccnc3)sc2CC2C(C)(CO)C(O)CCC12C. The number of nitrogens with one attached hydrogen (secondary N) is 3. The van der Waals surface area contributed by atoms with E-state index in [1.807, 2.05) is 19.1 Å². The van der Waals surface area contributed by atoms with Crippen LogP contribution in [0.25, 0.3) is 0 Å². The summed E-state index contributed by atoms with van der Waals surface area (Å²) in [6.07, 6.45) is 5.14. The van der Waals surface area contributed by atoms with Gasteiger partial charge in [-0.3, -0.25) is 14.6 Å². The summed E-state index contributed by atoms with van der Waals surface area (Å²) in [5.74, 6) is -0.386. The third-order valence-electron chi connectivity index (χ3n) is 8.02. The zero-order valence-corrected chi connectivity index (χ0v) is 21.3. The quantitative estimate of drug-likeness (QED) is 0.350. The highest BCUT2D eigenvalue weighted by atomic mass is 32.1. The van der Waals surface area contributed by atoms with Crippen molar-refractivity contribution >= 4 is 34.0 Å². The molecule has 5 N–H and O–H groups in total. The second-order valence-electron chi connectivity index (χ2n) is 10.3. The first kappa shape index (κ1) is 25.5. The van der Waals surface area contributed by atoms with Gasteiger partial charge in [-0.25, -0.2) is 4.98 Å². The van der Waals surface area contributed by atoms with Gasteiger partial charge in [-0.05, 0) is 42.7 Å². The van der Waals surface area contributed by atoms with Gasteiger partial charge in [-0.2, -0.15) is 0 Å². The van der Waals surface area contributed by atoms with E-state index in [-0.39, 0.29) is 42.1 Å². The largest absolute Gasteiger partial charge is 0.396 e. The Kier molecular flexibility index (Phi) is 7.44. The van der Waals surface area contributed by atoms with Crippen molar-refractivity contribution in [2.75, 3.05) is 25.0 Å². The Morgan fingerprint density at radius 2 is 2.03 bits per heavy atom. The van der Waals surface area contributed by atoms with Crippen molar-refractivity contribution in [1.29, 1.82) is 0 Å². The molecule has 5 atom stereocenters. The number of anilines is 2. The number of rotatable bonds is 8. The van der Waals surface area contributed by atoms with Crippen LogP contribution in [-0.2, 0) is 16.0 Å². The summed E-state index contributed by atoms with van der Waals surface area (Å²) in [5.41, 5.74) is 0.795.